The van der Waals surface area contributed by atoms with E-state index in [0.717, 1.165) is 18.9 Å². The normalized spacial score (nSPS) is 18.7. The molecule has 1 amide bonds. The van der Waals surface area contributed by atoms with Crippen molar-refractivity contribution in [2.24, 2.45) is 5.73 Å². The largest absolute Gasteiger partial charge is 0.482 e. The molecule has 1 saturated heterocycles. The van der Waals surface area contributed by atoms with Gasteiger partial charge in [-0.15, -0.1) is 0 Å². The molecule has 19 heavy (non-hydrogen) atoms. The minimum absolute atomic E-state index is 0.0970. The average molecular weight is 287 g/mol. The Labute approximate surface area is 116 Å². The molecule has 0 radical (unpaired) electrons. The molecule has 1 atom stereocenters. The van der Waals surface area contributed by atoms with E-state index in [-0.39, 0.29) is 23.6 Å². The van der Waals surface area contributed by atoms with E-state index in [0.29, 0.717) is 18.8 Å². The first kappa shape index (κ1) is 14.1. The lowest BCUT2D eigenvalue weighted by Crippen LogP contribution is -2.42. The fraction of sp³-hybridized carbons (Fsp3) is 0.462. The summed E-state index contributed by atoms with van der Waals surface area (Å²) in [7, 11) is 0. The van der Waals surface area contributed by atoms with Gasteiger partial charge in [0, 0.05) is 19.1 Å². The van der Waals surface area contributed by atoms with Gasteiger partial charge >= 0.3 is 0 Å². The SMILES string of the molecule is NCC1CCCN1C(=O)COc1ccc(F)cc1Cl. The first-order chi connectivity index (χ1) is 9.11. The molecule has 6 heteroatoms. The van der Waals surface area contributed by atoms with E-state index in [1.54, 1.807) is 4.90 Å². The Morgan fingerprint density at radius 1 is 1.58 bits per heavy atom. The van der Waals surface area contributed by atoms with Crippen LogP contribution in [0.15, 0.2) is 18.2 Å². The second kappa shape index (κ2) is 6.21. The zero-order valence-corrected chi connectivity index (χ0v) is 11.2. The zero-order valence-electron chi connectivity index (χ0n) is 10.4. The van der Waals surface area contributed by atoms with Crippen LogP contribution < -0.4 is 10.5 Å². The van der Waals surface area contributed by atoms with Crippen molar-refractivity contribution in [2.45, 2.75) is 18.9 Å². The van der Waals surface area contributed by atoms with E-state index >= 15 is 0 Å². The van der Waals surface area contributed by atoms with Gasteiger partial charge in [-0.25, -0.2) is 4.39 Å². The molecule has 1 aliphatic heterocycles. The van der Waals surface area contributed by atoms with E-state index in [1.165, 1.54) is 12.1 Å². The van der Waals surface area contributed by atoms with Gasteiger partial charge in [0.15, 0.2) is 6.61 Å². The van der Waals surface area contributed by atoms with Gasteiger partial charge in [-0.2, -0.15) is 0 Å². The first-order valence-corrected chi connectivity index (χ1v) is 6.57. The molecule has 0 spiro atoms. The van der Waals surface area contributed by atoms with Crippen molar-refractivity contribution in [3.05, 3.63) is 29.0 Å². The van der Waals surface area contributed by atoms with Gasteiger partial charge in [-0.05, 0) is 31.0 Å². The number of nitrogens with two attached hydrogens (primary N) is 1. The van der Waals surface area contributed by atoms with Crippen LogP contribution in [0.5, 0.6) is 5.75 Å². The van der Waals surface area contributed by atoms with Crippen molar-refractivity contribution in [1.29, 1.82) is 0 Å². The maximum Gasteiger partial charge on any atom is 0.260 e. The third-order valence-electron chi connectivity index (χ3n) is 3.21. The fourth-order valence-electron chi connectivity index (χ4n) is 2.22. The van der Waals surface area contributed by atoms with Crippen molar-refractivity contribution < 1.29 is 13.9 Å². The number of ether oxygens (including phenoxy) is 1. The first-order valence-electron chi connectivity index (χ1n) is 6.19. The maximum atomic E-state index is 12.9. The number of rotatable bonds is 4. The Kier molecular flexibility index (Phi) is 4.61. The lowest BCUT2D eigenvalue weighted by atomic mass is 10.2. The predicted octanol–water partition coefficient (Wildman–Crippen LogP) is 1.81. The van der Waals surface area contributed by atoms with Crippen LogP contribution in [0.2, 0.25) is 5.02 Å². The van der Waals surface area contributed by atoms with Crippen LogP contribution in [-0.2, 0) is 4.79 Å². The molecule has 4 nitrogen and oxygen atoms in total. The highest BCUT2D eigenvalue weighted by Crippen LogP contribution is 2.25. The molecule has 1 heterocycles. The van der Waals surface area contributed by atoms with E-state index in [9.17, 15) is 9.18 Å². The molecule has 0 saturated carbocycles. The minimum atomic E-state index is -0.439. The van der Waals surface area contributed by atoms with Crippen LogP contribution in [0, 0.1) is 5.82 Å². The molecule has 2 rings (SSSR count). The van der Waals surface area contributed by atoms with Crippen molar-refractivity contribution >= 4 is 17.5 Å². The van der Waals surface area contributed by atoms with Crippen LogP contribution in [-0.4, -0.2) is 36.5 Å². The molecule has 0 aliphatic carbocycles. The Morgan fingerprint density at radius 2 is 2.37 bits per heavy atom. The molecule has 0 aromatic heterocycles. The number of nitrogens with zero attached hydrogens (tertiary/aromatic N) is 1. The summed E-state index contributed by atoms with van der Waals surface area (Å²) in [5, 5.41) is 0.157. The summed E-state index contributed by atoms with van der Waals surface area (Å²) in [5.74, 6) is -0.250. The van der Waals surface area contributed by atoms with E-state index in [1.807, 2.05) is 0 Å². The van der Waals surface area contributed by atoms with Gasteiger partial charge in [-0.1, -0.05) is 11.6 Å². The standard InChI is InChI=1S/C13H16ClFN2O2/c14-11-6-9(15)3-4-12(11)19-8-13(18)17-5-1-2-10(17)7-16/h3-4,6,10H,1-2,5,7-8,16H2. The molecule has 0 bridgehead atoms. The smallest absolute Gasteiger partial charge is 0.260 e. The molecule has 104 valence electrons. The Morgan fingerprint density at radius 3 is 3.05 bits per heavy atom. The van der Waals surface area contributed by atoms with Crippen LogP contribution in [0.4, 0.5) is 4.39 Å². The molecule has 1 aromatic carbocycles. The van der Waals surface area contributed by atoms with Crippen molar-refractivity contribution in [1.82, 2.24) is 4.90 Å². The van der Waals surface area contributed by atoms with Crippen molar-refractivity contribution in [3.8, 4) is 5.75 Å². The predicted molar refractivity (Wildman–Crippen MR) is 70.7 cm³/mol. The lowest BCUT2D eigenvalue weighted by molar-refractivity contribution is -0.134. The molecule has 1 fully saturated rings. The topological polar surface area (TPSA) is 55.6 Å². The summed E-state index contributed by atoms with van der Waals surface area (Å²) in [6.45, 7) is 1.06. The summed E-state index contributed by atoms with van der Waals surface area (Å²) in [4.78, 5) is 13.7. The summed E-state index contributed by atoms with van der Waals surface area (Å²) in [5.41, 5.74) is 5.61. The second-order valence-corrected chi connectivity index (χ2v) is 4.89. The highest BCUT2D eigenvalue weighted by atomic mass is 35.5. The molecule has 2 N–H and O–H groups in total. The van der Waals surface area contributed by atoms with Crippen LogP contribution >= 0.6 is 11.6 Å². The Balaban J connectivity index is 1.93. The highest BCUT2D eigenvalue weighted by Gasteiger charge is 2.27. The molecule has 1 aliphatic rings. The van der Waals surface area contributed by atoms with Gasteiger partial charge in [0.1, 0.15) is 11.6 Å². The number of carbonyl (C=O) groups is 1. The number of amides is 1. The zero-order chi connectivity index (χ0) is 13.8. The number of benzene rings is 1. The summed E-state index contributed by atoms with van der Waals surface area (Å²) < 4.78 is 18.2. The summed E-state index contributed by atoms with van der Waals surface area (Å²) in [6, 6.07) is 3.90. The van der Waals surface area contributed by atoms with Crippen LogP contribution in [0.25, 0.3) is 0 Å². The van der Waals surface area contributed by atoms with Gasteiger partial charge < -0.3 is 15.4 Å². The highest BCUT2D eigenvalue weighted by molar-refractivity contribution is 6.32. The molecular weight excluding hydrogens is 271 g/mol. The van der Waals surface area contributed by atoms with Crippen LogP contribution in [0.3, 0.4) is 0 Å². The lowest BCUT2D eigenvalue weighted by Gasteiger charge is -2.23. The van der Waals surface area contributed by atoms with Crippen LogP contribution in [0.1, 0.15) is 12.8 Å². The number of likely N-dealkylation sites (tertiary alicyclic amines) is 1. The van der Waals surface area contributed by atoms with Crippen molar-refractivity contribution in [3.63, 3.8) is 0 Å². The number of hydrogen-bond acceptors (Lipinski definition) is 3. The average Bonchev–Trinajstić information content (AvgIpc) is 2.85. The van der Waals surface area contributed by atoms with E-state index in [4.69, 9.17) is 22.1 Å². The number of hydrogen-bond donors (Lipinski definition) is 1. The fourth-order valence-corrected chi connectivity index (χ4v) is 2.45. The van der Waals surface area contributed by atoms with Gasteiger partial charge in [0.2, 0.25) is 0 Å². The third kappa shape index (κ3) is 3.36. The van der Waals surface area contributed by atoms with Gasteiger partial charge in [0.25, 0.3) is 5.91 Å². The number of halogens is 2. The maximum absolute atomic E-state index is 12.9. The molecule has 1 aromatic rings. The van der Waals surface area contributed by atoms with Gasteiger partial charge in [0.05, 0.1) is 5.02 Å². The molecular formula is C13H16ClFN2O2. The summed E-state index contributed by atoms with van der Waals surface area (Å²) >= 11 is 5.82. The van der Waals surface area contributed by atoms with Gasteiger partial charge in [-0.3, -0.25) is 4.79 Å². The summed E-state index contributed by atoms with van der Waals surface area (Å²) in [6.07, 6.45) is 1.89. The van der Waals surface area contributed by atoms with Crippen molar-refractivity contribution in [2.75, 3.05) is 19.7 Å². The quantitative estimate of drug-likeness (QED) is 0.918. The molecule has 1 unspecified atom stereocenters. The van der Waals surface area contributed by atoms with E-state index in [2.05, 4.69) is 0 Å². The third-order valence-corrected chi connectivity index (χ3v) is 3.51. The Bertz CT molecular complexity index is 470. The second-order valence-electron chi connectivity index (χ2n) is 4.48. The Hall–Kier alpha value is -1.33. The monoisotopic (exact) mass is 286 g/mol. The minimum Gasteiger partial charge on any atom is -0.482 e. The van der Waals surface area contributed by atoms with E-state index < -0.39 is 5.82 Å². The number of carbonyl (C=O) groups excluding carboxylic acids is 1.